The Bertz CT molecular complexity index is 856. The largest absolute Gasteiger partial charge is 0.478 e. The van der Waals surface area contributed by atoms with Gasteiger partial charge in [0.05, 0.1) is 17.0 Å². The number of aromatic carboxylic acids is 1. The summed E-state index contributed by atoms with van der Waals surface area (Å²) in [5, 5.41) is 26.8. The molecule has 1 aromatic heterocycles. The molecule has 25 heavy (non-hydrogen) atoms. The van der Waals surface area contributed by atoms with E-state index in [0.29, 0.717) is 22.6 Å². The van der Waals surface area contributed by atoms with Gasteiger partial charge in [-0.15, -0.1) is 0 Å². The number of amides is 1. The lowest BCUT2D eigenvalue weighted by Crippen LogP contribution is -2.16. The van der Waals surface area contributed by atoms with E-state index in [1.807, 2.05) is 0 Å². The van der Waals surface area contributed by atoms with Crippen LogP contribution in [0.5, 0.6) is 0 Å². The summed E-state index contributed by atoms with van der Waals surface area (Å²) in [5.74, 6) is -1.40. The number of hydrogen-bond donors (Lipinski definition) is 2. The van der Waals surface area contributed by atoms with Crippen LogP contribution in [0.1, 0.15) is 33.7 Å². The van der Waals surface area contributed by atoms with Gasteiger partial charge in [-0.1, -0.05) is 6.07 Å². The number of hydrogen-bond acceptors (Lipinski definition) is 5. The van der Waals surface area contributed by atoms with E-state index in [2.05, 4.69) is 10.4 Å². The molecule has 0 radical (unpaired) electrons. The van der Waals surface area contributed by atoms with Crippen molar-refractivity contribution >= 4 is 23.3 Å². The summed E-state index contributed by atoms with van der Waals surface area (Å²) in [6.07, 6.45) is 0.0510. The summed E-state index contributed by atoms with van der Waals surface area (Å²) in [7, 11) is 0. The third-order valence-electron chi connectivity index (χ3n) is 3.83. The molecule has 0 aliphatic heterocycles. The smallest absolute Gasteiger partial charge is 0.336 e. The van der Waals surface area contributed by atoms with Crippen molar-refractivity contribution in [3.8, 4) is 0 Å². The number of aromatic nitrogens is 2. The first kappa shape index (κ1) is 18.1. The van der Waals surface area contributed by atoms with Crippen molar-refractivity contribution in [1.82, 2.24) is 9.78 Å². The summed E-state index contributed by atoms with van der Waals surface area (Å²) >= 11 is 0. The molecule has 1 aromatic carbocycles. The lowest BCUT2D eigenvalue weighted by Gasteiger charge is -2.08. The number of carboxylic acids is 1. The highest BCUT2D eigenvalue weighted by Crippen LogP contribution is 2.22. The highest BCUT2D eigenvalue weighted by Gasteiger charge is 2.21. The van der Waals surface area contributed by atoms with Crippen LogP contribution in [0, 0.1) is 30.9 Å². The fraction of sp³-hybridized carbons (Fsp3) is 0.312. The molecule has 1 amide bonds. The van der Waals surface area contributed by atoms with Gasteiger partial charge in [-0.25, -0.2) is 4.79 Å². The van der Waals surface area contributed by atoms with Crippen molar-refractivity contribution in [1.29, 1.82) is 0 Å². The molecule has 0 atom stereocenters. The van der Waals surface area contributed by atoms with Crippen LogP contribution < -0.4 is 5.32 Å². The van der Waals surface area contributed by atoms with Gasteiger partial charge in [-0.3, -0.25) is 19.6 Å². The van der Waals surface area contributed by atoms with Crippen molar-refractivity contribution < 1.29 is 19.6 Å². The van der Waals surface area contributed by atoms with E-state index in [9.17, 15) is 19.7 Å². The molecule has 0 aliphatic carbocycles. The molecule has 9 nitrogen and oxygen atoms in total. The highest BCUT2D eigenvalue weighted by molar-refractivity contribution is 5.94. The van der Waals surface area contributed by atoms with Crippen LogP contribution in [0.15, 0.2) is 18.2 Å². The Balaban J connectivity index is 2.05. The van der Waals surface area contributed by atoms with E-state index in [1.54, 1.807) is 32.9 Å². The average molecular weight is 346 g/mol. The van der Waals surface area contributed by atoms with E-state index < -0.39 is 10.9 Å². The molecule has 1 heterocycles. The molecule has 0 saturated carbocycles. The molecule has 0 unspecified atom stereocenters. The maximum Gasteiger partial charge on any atom is 0.336 e. The van der Waals surface area contributed by atoms with E-state index in [-0.39, 0.29) is 30.1 Å². The number of benzene rings is 1. The zero-order valence-corrected chi connectivity index (χ0v) is 14.1. The van der Waals surface area contributed by atoms with Crippen LogP contribution in [-0.4, -0.2) is 31.7 Å². The van der Waals surface area contributed by atoms with E-state index >= 15 is 0 Å². The number of nitro groups is 1. The van der Waals surface area contributed by atoms with Crippen molar-refractivity contribution in [2.24, 2.45) is 0 Å². The monoisotopic (exact) mass is 346 g/mol. The van der Waals surface area contributed by atoms with Gasteiger partial charge in [-0.05, 0) is 38.5 Å². The molecule has 0 spiro atoms. The number of nitrogens with zero attached hydrogens (tertiary/aromatic N) is 3. The minimum atomic E-state index is -1.07. The minimum absolute atomic E-state index is 0.0509. The first-order valence-electron chi connectivity index (χ1n) is 7.53. The zero-order chi connectivity index (χ0) is 18.7. The maximum atomic E-state index is 12.1. The Morgan fingerprint density at radius 2 is 2.00 bits per heavy atom. The number of carbonyl (C=O) groups is 2. The molecule has 2 rings (SSSR count). The predicted molar refractivity (Wildman–Crippen MR) is 89.7 cm³/mol. The topological polar surface area (TPSA) is 127 Å². The van der Waals surface area contributed by atoms with E-state index in [1.165, 1.54) is 10.7 Å². The second kappa shape index (κ2) is 7.12. The molecule has 0 saturated heterocycles. The minimum Gasteiger partial charge on any atom is -0.478 e. The molecule has 132 valence electrons. The zero-order valence-electron chi connectivity index (χ0n) is 14.1. The van der Waals surface area contributed by atoms with Crippen LogP contribution in [0.2, 0.25) is 0 Å². The summed E-state index contributed by atoms with van der Waals surface area (Å²) in [6, 6.07) is 4.63. The first-order chi connectivity index (χ1) is 11.7. The molecule has 0 aliphatic rings. The lowest BCUT2D eigenvalue weighted by molar-refractivity contribution is -0.386. The second-order valence-electron chi connectivity index (χ2n) is 5.63. The number of anilines is 1. The summed E-state index contributed by atoms with van der Waals surface area (Å²) in [4.78, 5) is 33.7. The predicted octanol–water partition coefficient (Wildman–Crippen LogP) is 2.44. The van der Waals surface area contributed by atoms with Crippen LogP contribution in [0.25, 0.3) is 0 Å². The third-order valence-corrected chi connectivity index (χ3v) is 3.83. The van der Waals surface area contributed by atoms with E-state index in [4.69, 9.17) is 5.11 Å². The van der Waals surface area contributed by atoms with Crippen LogP contribution in [-0.2, 0) is 11.3 Å². The number of carbonyl (C=O) groups excluding carboxylic acids is 1. The molecule has 2 N–H and O–H groups in total. The molecule has 2 aromatic rings. The summed E-state index contributed by atoms with van der Waals surface area (Å²) < 4.78 is 1.42. The van der Waals surface area contributed by atoms with Crippen molar-refractivity contribution in [2.75, 3.05) is 5.32 Å². The molecule has 0 bridgehead atoms. The van der Waals surface area contributed by atoms with Gasteiger partial charge in [0.25, 0.3) is 0 Å². The Morgan fingerprint density at radius 3 is 2.56 bits per heavy atom. The fourth-order valence-electron chi connectivity index (χ4n) is 2.53. The summed E-state index contributed by atoms with van der Waals surface area (Å²) in [6.45, 7) is 4.98. The quantitative estimate of drug-likeness (QED) is 0.611. The maximum absolute atomic E-state index is 12.1. The van der Waals surface area contributed by atoms with Crippen LogP contribution >= 0.6 is 0 Å². The Morgan fingerprint density at radius 1 is 1.32 bits per heavy atom. The van der Waals surface area contributed by atoms with Gasteiger partial charge in [-0.2, -0.15) is 5.10 Å². The van der Waals surface area contributed by atoms with Gasteiger partial charge in [0, 0.05) is 12.1 Å². The Kier molecular flexibility index (Phi) is 5.16. The normalized spacial score (nSPS) is 10.5. The molecular weight excluding hydrogens is 328 g/mol. The van der Waals surface area contributed by atoms with Gasteiger partial charge >= 0.3 is 11.7 Å². The van der Waals surface area contributed by atoms with Gasteiger partial charge in [0.1, 0.15) is 11.4 Å². The number of nitrogens with one attached hydrogen (secondary N) is 1. The molecule has 9 heteroatoms. The van der Waals surface area contributed by atoms with Crippen molar-refractivity contribution in [2.45, 2.75) is 33.7 Å². The molecular formula is C16H18N4O5. The second-order valence-corrected chi connectivity index (χ2v) is 5.63. The Hall–Kier alpha value is -3.23. The van der Waals surface area contributed by atoms with Crippen molar-refractivity contribution in [3.63, 3.8) is 0 Å². The van der Waals surface area contributed by atoms with Gasteiger partial charge in [0.15, 0.2) is 0 Å². The standard InChI is InChI=1S/C16H18N4O5/c1-9-4-5-12(8-13(9)16(22)23)17-14(21)6-7-19-11(3)15(20(24)25)10(2)18-19/h4-5,8H,6-7H2,1-3H3,(H,17,21)(H,22,23). The fourth-order valence-corrected chi connectivity index (χ4v) is 2.53. The average Bonchev–Trinajstić information content (AvgIpc) is 2.81. The Labute approximate surface area is 143 Å². The lowest BCUT2D eigenvalue weighted by atomic mass is 10.1. The van der Waals surface area contributed by atoms with Gasteiger partial charge in [0.2, 0.25) is 5.91 Å². The number of rotatable bonds is 6. The van der Waals surface area contributed by atoms with Crippen molar-refractivity contribution in [3.05, 3.63) is 50.8 Å². The van der Waals surface area contributed by atoms with Crippen LogP contribution in [0.4, 0.5) is 11.4 Å². The van der Waals surface area contributed by atoms with Gasteiger partial charge < -0.3 is 10.4 Å². The number of aryl methyl sites for hydroxylation is 3. The third kappa shape index (κ3) is 4.00. The number of carboxylic acid groups (broad SMARTS) is 1. The van der Waals surface area contributed by atoms with E-state index in [0.717, 1.165) is 0 Å². The molecule has 0 fully saturated rings. The first-order valence-corrected chi connectivity index (χ1v) is 7.53. The SMILES string of the molecule is Cc1ccc(NC(=O)CCn2nc(C)c([N+](=O)[O-])c2C)cc1C(=O)O. The summed E-state index contributed by atoms with van der Waals surface area (Å²) in [5.41, 5.74) is 1.73. The highest BCUT2D eigenvalue weighted by atomic mass is 16.6. The van der Waals surface area contributed by atoms with Crippen LogP contribution in [0.3, 0.4) is 0 Å².